The fraction of sp³-hybridized carbons (Fsp3) is 1.00. The Morgan fingerprint density at radius 1 is 1.80 bits per heavy atom. The van der Waals surface area contributed by atoms with E-state index in [4.69, 9.17) is 5.73 Å². The predicted octanol–water partition coefficient (Wildman–Crippen LogP) is -0.480. The zero-order valence-corrected chi connectivity index (χ0v) is 6.45. The van der Waals surface area contributed by atoms with Crippen LogP contribution in [-0.2, 0) is 0 Å². The van der Waals surface area contributed by atoms with Crippen LogP contribution < -0.4 is 5.73 Å². The zero-order valence-electron chi connectivity index (χ0n) is 6.45. The molecular weight excluding hydrogens is 127 g/mol. The number of hydrogen-bond acceptors (Lipinski definition) is 3. The summed E-state index contributed by atoms with van der Waals surface area (Å²) < 4.78 is 0. The van der Waals surface area contributed by atoms with E-state index in [-0.39, 0.29) is 7.05 Å². The van der Waals surface area contributed by atoms with Gasteiger partial charge in [-0.05, 0) is 26.2 Å². The lowest BCUT2D eigenvalue weighted by molar-refractivity contribution is 0.350. The monoisotopic (exact) mass is 142 g/mol. The smallest absolute Gasteiger partial charge is 0.376 e. The second-order valence-electron chi connectivity index (χ2n) is 2.90. The van der Waals surface area contributed by atoms with Gasteiger partial charge in [0.25, 0.3) is 0 Å². The molecule has 0 saturated carbocycles. The van der Waals surface area contributed by atoms with E-state index in [0.717, 1.165) is 13.0 Å². The Balaban J connectivity index is 2.42. The van der Waals surface area contributed by atoms with Crippen LogP contribution in [-0.4, -0.2) is 36.0 Å². The molecule has 0 aliphatic carbocycles. The van der Waals surface area contributed by atoms with Crippen LogP contribution in [0.3, 0.4) is 0 Å². The molecule has 1 unspecified atom stereocenters. The summed E-state index contributed by atoms with van der Waals surface area (Å²) in [5, 5.41) is 9.22. The maximum Gasteiger partial charge on any atom is 0.376 e. The Hall–Kier alpha value is -0.0551. The predicted molar refractivity (Wildman–Crippen MR) is 42.6 cm³/mol. The van der Waals surface area contributed by atoms with Crippen molar-refractivity contribution in [3.63, 3.8) is 0 Å². The van der Waals surface area contributed by atoms with Crippen molar-refractivity contribution in [1.29, 1.82) is 0 Å². The molecule has 0 amide bonds. The zero-order chi connectivity index (χ0) is 7.56. The molecule has 58 valence electrons. The second kappa shape index (κ2) is 3.37. The van der Waals surface area contributed by atoms with Crippen LogP contribution in [0.5, 0.6) is 0 Å². The van der Waals surface area contributed by atoms with Gasteiger partial charge in [0, 0.05) is 12.6 Å². The molecule has 0 aromatic heterocycles. The molecule has 1 saturated heterocycles. The van der Waals surface area contributed by atoms with E-state index >= 15 is 0 Å². The summed E-state index contributed by atoms with van der Waals surface area (Å²) >= 11 is 0. The SMILES string of the molecule is CB(O)N1CCCC1CN. The average Bonchev–Trinajstić information content (AvgIpc) is 2.33. The molecule has 0 aromatic carbocycles. The lowest BCUT2D eigenvalue weighted by atomic mass is 9.84. The first-order valence-corrected chi connectivity index (χ1v) is 3.89. The highest BCUT2D eigenvalue weighted by molar-refractivity contribution is 6.45. The normalized spacial score (nSPS) is 27.3. The highest BCUT2D eigenvalue weighted by Crippen LogP contribution is 2.16. The summed E-state index contributed by atoms with van der Waals surface area (Å²) in [5.41, 5.74) is 5.51. The highest BCUT2D eigenvalue weighted by Gasteiger charge is 2.28. The minimum Gasteiger partial charge on any atom is -0.437 e. The first-order valence-electron chi connectivity index (χ1n) is 3.89. The van der Waals surface area contributed by atoms with Gasteiger partial charge < -0.3 is 15.6 Å². The summed E-state index contributed by atoms with van der Waals surface area (Å²) in [6.45, 7) is 3.47. The summed E-state index contributed by atoms with van der Waals surface area (Å²) in [6, 6.07) is 0.417. The lowest BCUT2D eigenvalue weighted by Crippen LogP contribution is -2.44. The van der Waals surface area contributed by atoms with Gasteiger partial charge in [0.2, 0.25) is 0 Å². The van der Waals surface area contributed by atoms with Gasteiger partial charge in [0.1, 0.15) is 0 Å². The van der Waals surface area contributed by atoms with E-state index in [2.05, 4.69) is 4.81 Å². The number of rotatable bonds is 2. The molecule has 1 rings (SSSR count). The molecule has 3 N–H and O–H groups in total. The molecule has 0 spiro atoms. The molecular formula is C6H15BN2O. The number of nitrogens with two attached hydrogens (primary N) is 1. The van der Waals surface area contributed by atoms with E-state index in [0.29, 0.717) is 12.6 Å². The molecule has 4 heteroatoms. The van der Waals surface area contributed by atoms with Crippen LogP contribution in [0.4, 0.5) is 0 Å². The van der Waals surface area contributed by atoms with Gasteiger partial charge in [0.15, 0.2) is 0 Å². The third kappa shape index (κ3) is 1.51. The van der Waals surface area contributed by atoms with Crippen molar-refractivity contribution >= 4 is 7.05 Å². The summed E-state index contributed by atoms with van der Waals surface area (Å²) in [5.74, 6) is 0. The Morgan fingerprint density at radius 2 is 2.50 bits per heavy atom. The van der Waals surface area contributed by atoms with Gasteiger partial charge in [-0.25, -0.2) is 0 Å². The summed E-state index contributed by atoms with van der Waals surface area (Å²) in [6.07, 6.45) is 2.31. The van der Waals surface area contributed by atoms with E-state index in [1.165, 1.54) is 6.42 Å². The molecule has 1 atom stereocenters. The Labute approximate surface area is 62.3 Å². The minimum atomic E-state index is -0.323. The minimum absolute atomic E-state index is 0.323. The molecule has 0 aromatic rings. The van der Waals surface area contributed by atoms with Crippen LogP contribution in [0.15, 0.2) is 0 Å². The highest BCUT2D eigenvalue weighted by atomic mass is 16.2. The van der Waals surface area contributed by atoms with Crippen LogP contribution in [0.1, 0.15) is 12.8 Å². The van der Waals surface area contributed by atoms with Crippen molar-refractivity contribution in [3.8, 4) is 0 Å². The molecule has 1 aliphatic heterocycles. The molecule has 1 fully saturated rings. The van der Waals surface area contributed by atoms with Gasteiger partial charge in [0.05, 0.1) is 0 Å². The Kier molecular flexibility index (Phi) is 2.71. The second-order valence-corrected chi connectivity index (χ2v) is 2.90. The van der Waals surface area contributed by atoms with Crippen LogP contribution in [0.25, 0.3) is 0 Å². The first kappa shape index (κ1) is 8.05. The van der Waals surface area contributed by atoms with Gasteiger partial charge >= 0.3 is 7.05 Å². The summed E-state index contributed by atoms with van der Waals surface area (Å²) in [7, 11) is -0.323. The van der Waals surface area contributed by atoms with Gasteiger partial charge in [-0.1, -0.05) is 0 Å². The van der Waals surface area contributed by atoms with E-state index < -0.39 is 0 Å². The standard InChI is InChI=1S/C6H15BN2O/c1-7(10)9-4-2-3-6(9)5-8/h6,10H,2-5,8H2,1H3. The number of hydrogen-bond donors (Lipinski definition) is 2. The van der Waals surface area contributed by atoms with Crippen molar-refractivity contribution < 1.29 is 5.02 Å². The third-order valence-electron chi connectivity index (χ3n) is 2.17. The molecule has 1 heterocycles. The fourth-order valence-electron chi connectivity index (χ4n) is 1.60. The van der Waals surface area contributed by atoms with Crippen LogP contribution in [0.2, 0.25) is 6.82 Å². The van der Waals surface area contributed by atoms with E-state index in [9.17, 15) is 5.02 Å². The molecule has 0 bridgehead atoms. The molecule has 1 aliphatic rings. The fourth-order valence-corrected chi connectivity index (χ4v) is 1.60. The summed E-state index contributed by atoms with van der Waals surface area (Å²) in [4.78, 5) is 2.06. The molecule has 3 nitrogen and oxygen atoms in total. The maximum absolute atomic E-state index is 9.22. The van der Waals surface area contributed by atoms with Gasteiger partial charge in [-0.2, -0.15) is 0 Å². The lowest BCUT2D eigenvalue weighted by Gasteiger charge is -2.23. The molecule has 0 radical (unpaired) electrons. The first-order chi connectivity index (χ1) is 4.75. The van der Waals surface area contributed by atoms with Gasteiger partial charge in [-0.3, -0.25) is 0 Å². The largest absolute Gasteiger partial charge is 0.437 e. The Bertz CT molecular complexity index is 110. The van der Waals surface area contributed by atoms with Gasteiger partial charge in [-0.15, -0.1) is 0 Å². The van der Waals surface area contributed by atoms with Crippen LogP contribution >= 0.6 is 0 Å². The topological polar surface area (TPSA) is 49.5 Å². The van der Waals surface area contributed by atoms with Crippen molar-refractivity contribution in [2.24, 2.45) is 5.73 Å². The van der Waals surface area contributed by atoms with Crippen molar-refractivity contribution in [1.82, 2.24) is 4.81 Å². The average molecular weight is 142 g/mol. The Morgan fingerprint density at radius 3 is 2.90 bits per heavy atom. The van der Waals surface area contributed by atoms with E-state index in [1.807, 2.05) is 0 Å². The van der Waals surface area contributed by atoms with Crippen molar-refractivity contribution in [2.75, 3.05) is 13.1 Å². The quantitative estimate of drug-likeness (QED) is 0.512. The molecule has 10 heavy (non-hydrogen) atoms. The number of nitrogens with zero attached hydrogens (tertiary/aromatic N) is 1. The maximum atomic E-state index is 9.22. The van der Waals surface area contributed by atoms with Crippen molar-refractivity contribution in [3.05, 3.63) is 0 Å². The van der Waals surface area contributed by atoms with Crippen LogP contribution in [0, 0.1) is 0 Å². The third-order valence-corrected chi connectivity index (χ3v) is 2.17. The van der Waals surface area contributed by atoms with Crippen molar-refractivity contribution in [2.45, 2.75) is 25.7 Å². The van der Waals surface area contributed by atoms with E-state index in [1.54, 1.807) is 6.82 Å².